The molecule has 0 saturated carbocycles. The van der Waals surface area contributed by atoms with E-state index in [-0.39, 0.29) is 12.2 Å². The molecule has 4 nitrogen and oxygen atoms in total. The molecule has 0 radical (unpaired) electrons. The van der Waals surface area contributed by atoms with Gasteiger partial charge in [-0.1, -0.05) is 11.6 Å². The van der Waals surface area contributed by atoms with Crippen LogP contribution in [-0.2, 0) is 19.8 Å². The van der Waals surface area contributed by atoms with Crippen molar-refractivity contribution in [2.75, 3.05) is 5.32 Å². The summed E-state index contributed by atoms with van der Waals surface area (Å²) in [6, 6.07) is 1.61. The summed E-state index contributed by atoms with van der Waals surface area (Å²) in [5.74, 6) is 0. The van der Waals surface area contributed by atoms with Crippen molar-refractivity contribution in [3.8, 4) is 0 Å². The molecule has 0 fully saturated rings. The lowest BCUT2D eigenvalue weighted by Gasteiger charge is -2.12. The van der Waals surface area contributed by atoms with Crippen LogP contribution in [0.4, 0.5) is 18.9 Å². The standard InChI is InChI=1S/C12H12ClF3N4/c1-7-11(13)9(3-4-17-7)18-6-10-8(12(14,15)16)5-19-20(10)2/h3-5H,6H2,1-2H3,(H,17,18). The summed E-state index contributed by atoms with van der Waals surface area (Å²) in [7, 11) is 1.46. The van der Waals surface area contributed by atoms with Crippen LogP contribution in [0.5, 0.6) is 0 Å². The zero-order valence-corrected chi connectivity index (χ0v) is 11.5. The van der Waals surface area contributed by atoms with Crippen LogP contribution in [0.3, 0.4) is 0 Å². The molecule has 2 heterocycles. The van der Waals surface area contributed by atoms with Gasteiger partial charge in [-0.05, 0) is 13.0 Å². The van der Waals surface area contributed by atoms with Crippen LogP contribution in [0.15, 0.2) is 18.5 Å². The molecule has 20 heavy (non-hydrogen) atoms. The predicted molar refractivity (Wildman–Crippen MR) is 69.5 cm³/mol. The maximum absolute atomic E-state index is 12.8. The smallest absolute Gasteiger partial charge is 0.378 e. The van der Waals surface area contributed by atoms with E-state index in [1.165, 1.54) is 17.9 Å². The second-order valence-electron chi connectivity index (χ2n) is 4.24. The minimum atomic E-state index is -4.43. The van der Waals surface area contributed by atoms with Gasteiger partial charge in [-0.15, -0.1) is 0 Å². The third-order valence-electron chi connectivity index (χ3n) is 2.88. The van der Waals surface area contributed by atoms with Crippen LogP contribution in [-0.4, -0.2) is 14.8 Å². The van der Waals surface area contributed by atoms with E-state index in [0.717, 1.165) is 6.20 Å². The molecule has 2 aromatic rings. The van der Waals surface area contributed by atoms with E-state index in [0.29, 0.717) is 16.4 Å². The zero-order chi connectivity index (χ0) is 14.9. The quantitative estimate of drug-likeness (QED) is 0.945. The van der Waals surface area contributed by atoms with Crippen LogP contribution in [0, 0.1) is 6.92 Å². The Labute approximate surface area is 118 Å². The number of hydrogen-bond acceptors (Lipinski definition) is 3. The van der Waals surface area contributed by atoms with Crippen molar-refractivity contribution in [2.45, 2.75) is 19.6 Å². The predicted octanol–water partition coefficient (Wildman–Crippen LogP) is 3.41. The van der Waals surface area contributed by atoms with Gasteiger partial charge in [0.1, 0.15) is 0 Å². The Morgan fingerprint density at radius 3 is 2.75 bits per heavy atom. The topological polar surface area (TPSA) is 42.7 Å². The molecule has 0 saturated heterocycles. The summed E-state index contributed by atoms with van der Waals surface area (Å²) in [5, 5.41) is 6.92. The second kappa shape index (κ2) is 5.32. The summed E-state index contributed by atoms with van der Waals surface area (Å²) in [6.45, 7) is 1.69. The van der Waals surface area contributed by atoms with Crippen molar-refractivity contribution < 1.29 is 13.2 Å². The first-order chi connectivity index (χ1) is 9.30. The molecule has 0 aliphatic rings. The Hall–Kier alpha value is -1.76. The third kappa shape index (κ3) is 2.87. The van der Waals surface area contributed by atoms with Crippen molar-refractivity contribution >= 4 is 17.3 Å². The highest BCUT2D eigenvalue weighted by Crippen LogP contribution is 2.32. The van der Waals surface area contributed by atoms with Crippen LogP contribution in [0.2, 0.25) is 5.02 Å². The van der Waals surface area contributed by atoms with E-state index >= 15 is 0 Å². The van der Waals surface area contributed by atoms with E-state index in [1.807, 2.05) is 0 Å². The van der Waals surface area contributed by atoms with Gasteiger partial charge in [-0.25, -0.2) is 0 Å². The van der Waals surface area contributed by atoms with Gasteiger partial charge >= 0.3 is 6.18 Å². The Bertz CT molecular complexity index is 622. The molecule has 1 N–H and O–H groups in total. The monoisotopic (exact) mass is 304 g/mol. The van der Waals surface area contributed by atoms with Crippen molar-refractivity contribution in [2.24, 2.45) is 7.05 Å². The summed E-state index contributed by atoms with van der Waals surface area (Å²) < 4.78 is 39.6. The molecule has 108 valence electrons. The largest absolute Gasteiger partial charge is 0.419 e. The van der Waals surface area contributed by atoms with E-state index in [4.69, 9.17) is 11.6 Å². The number of alkyl halides is 3. The maximum Gasteiger partial charge on any atom is 0.419 e. The second-order valence-corrected chi connectivity index (χ2v) is 4.62. The number of rotatable bonds is 3. The zero-order valence-electron chi connectivity index (χ0n) is 10.8. The van der Waals surface area contributed by atoms with E-state index in [1.54, 1.807) is 13.0 Å². The van der Waals surface area contributed by atoms with Gasteiger partial charge in [0, 0.05) is 13.2 Å². The normalized spacial score (nSPS) is 11.7. The molecular weight excluding hydrogens is 293 g/mol. The molecule has 2 aromatic heterocycles. The van der Waals surface area contributed by atoms with Gasteiger partial charge in [0.2, 0.25) is 0 Å². The van der Waals surface area contributed by atoms with E-state index in [9.17, 15) is 13.2 Å². The summed E-state index contributed by atoms with van der Waals surface area (Å²) in [5.41, 5.74) is 0.434. The highest BCUT2D eigenvalue weighted by atomic mass is 35.5. The summed E-state index contributed by atoms with van der Waals surface area (Å²) in [4.78, 5) is 3.99. The molecule has 0 spiro atoms. The number of halogens is 4. The molecular formula is C12H12ClF3N4. The SMILES string of the molecule is Cc1nccc(NCc2c(C(F)(F)F)cnn2C)c1Cl. The van der Waals surface area contributed by atoms with Gasteiger partial charge in [0.05, 0.1) is 40.4 Å². The molecule has 0 bridgehead atoms. The first-order valence-corrected chi connectivity index (χ1v) is 6.11. The Kier molecular flexibility index (Phi) is 3.89. The van der Waals surface area contributed by atoms with E-state index < -0.39 is 11.7 Å². The Morgan fingerprint density at radius 2 is 2.10 bits per heavy atom. The maximum atomic E-state index is 12.8. The van der Waals surface area contributed by atoms with Gasteiger partial charge in [0.15, 0.2) is 0 Å². The van der Waals surface area contributed by atoms with Crippen LogP contribution < -0.4 is 5.32 Å². The fourth-order valence-corrected chi connectivity index (χ4v) is 1.95. The first-order valence-electron chi connectivity index (χ1n) is 5.73. The average molecular weight is 305 g/mol. The fourth-order valence-electron chi connectivity index (χ4n) is 1.77. The summed E-state index contributed by atoms with van der Waals surface area (Å²) in [6.07, 6.45) is -2.07. The van der Waals surface area contributed by atoms with Crippen LogP contribution in [0.1, 0.15) is 17.0 Å². The minimum Gasteiger partial charge on any atom is -0.378 e. The van der Waals surface area contributed by atoms with Crippen molar-refractivity contribution in [3.63, 3.8) is 0 Å². The van der Waals surface area contributed by atoms with Crippen molar-refractivity contribution in [3.05, 3.63) is 40.4 Å². The molecule has 0 atom stereocenters. The number of aryl methyl sites for hydroxylation is 2. The third-order valence-corrected chi connectivity index (χ3v) is 3.35. The lowest BCUT2D eigenvalue weighted by molar-refractivity contribution is -0.138. The number of anilines is 1. The number of hydrogen-bond donors (Lipinski definition) is 1. The first kappa shape index (κ1) is 14.6. The lowest BCUT2D eigenvalue weighted by Crippen LogP contribution is -2.13. The molecule has 0 aromatic carbocycles. The molecule has 0 aliphatic carbocycles. The van der Waals surface area contributed by atoms with Crippen LogP contribution in [0.25, 0.3) is 0 Å². The van der Waals surface area contributed by atoms with Crippen LogP contribution >= 0.6 is 11.6 Å². The van der Waals surface area contributed by atoms with Gasteiger partial charge in [-0.3, -0.25) is 9.67 Å². The lowest BCUT2D eigenvalue weighted by atomic mass is 10.2. The number of nitrogens with zero attached hydrogens (tertiary/aromatic N) is 3. The molecule has 0 aliphatic heterocycles. The fraction of sp³-hybridized carbons (Fsp3) is 0.333. The highest BCUT2D eigenvalue weighted by molar-refractivity contribution is 6.33. The van der Waals surface area contributed by atoms with Crippen molar-refractivity contribution in [1.82, 2.24) is 14.8 Å². The average Bonchev–Trinajstić information content (AvgIpc) is 2.72. The minimum absolute atomic E-state index is 0.0332. The van der Waals surface area contributed by atoms with Gasteiger partial charge in [0.25, 0.3) is 0 Å². The molecule has 8 heteroatoms. The number of nitrogens with one attached hydrogen (secondary N) is 1. The molecule has 2 rings (SSSR count). The highest BCUT2D eigenvalue weighted by Gasteiger charge is 2.35. The number of aromatic nitrogens is 3. The van der Waals surface area contributed by atoms with Crippen molar-refractivity contribution in [1.29, 1.82) is 0 Å². The van der Waals surface area contributed by atoms with Gasteiger partial charge < -0.3 is 5.32 Å². The van der Waals surface area contributed by atoms with Gasteiger partial charge in [-0.2, -0.15) is 18.3 Å². The summed E-state index contributed by atoms with van der Waals surface area (Å²) >= 11 is 6.03. The Morgan fingerprint density at radius 1 is 1.40 bits per heavy atom. The Balaban J connectivity index is 2.24. The molecule has 0 amide bonds. The number of pyridine rings is 1. The molecule has 0 unspecified atom stereocenters. The van der Waals surface area contributed by atoms with E-state index in [2.05, 4.69) is 15.4 Å².